The van der Waals surface area contributed by atoms with E-state index in [-0.39, 0.29) is 34.5 Å². The number of primary amides is 1. The topological polar surface area (TPSA) is 258 Å². The van der Waals surface area contributed by atoms with Gasteiger partial charge >= 0.3 is 12.1 Å². The molecule has 0 spiro atoms. The first-order chi connectivity index (χ1) is 30.3. The molecule has 0 bridgehead atoms. The van der Waals surface area contributed by atoms with Crippen molar-refractivity contribution in [2.45, 2.75) is 161 Å². The highest BCUT2D eigenvalue weighted by Gasteiger charge is 2.58. The molecular weight excluding hydrogens is 891 g/mol. The number of hydrogen-bond acceptors (Lipinski definition) is 14. The Bertz CT molecular complexity index is 2060. The van der Waals surface area contributed by atoms with Gasteiger partial charge in [0.05, 0.1) is 34.4 Å². The van der Waals surface area contributed by atoms with E-state index in [0.717, 1.165) is 12.5 Å². The molecule has 5 rings (SSSR count). The third-order valence-electron chi connectivity index (χ3n) is 12.9. The van der Waals surface area contributed by atoms with Gasteiger partial charge in [0.25, 0.3) is 11.8 Å². The second kappa shape index (κ2) is 20.9. The Morgan fingerprint density at radius 3 is 2.28 bits per heavy atom. The van der Waals surface area contributed by atoms with Crippen molar-refractivity contribution in [1.82, 2.24) is 15.2 Å². The lowest BCUT2D eigenvalue weighted by atomic mass is 9.71. The predicted molar refractivity (Wildman–Crippen MR) is 236 cm³/mol. The minimum atomic E-state index is -1.93. The lowest BCUT2D eigenvalue weighted by molar-refractivity contribution is -0.296. The molecule has 1 aromatic heterocycles. The van der Waals surface area contributed by atoms with Crippen LogP contribution in [0.1, 0.15) is 97.3 Å². The van der Waals surface area contributed by atoms with Crippen LogP contribution in [0.2, 0.25) is 10.0 Å². The number of aliphatic hydroxyl groups is 3. The summed E-state index contributed by atoms with van der Waals surface area (Å²) < 4.78 is 35.5. The monoisotopic (exact) mass is 954 g/mol. The normalized spacial score (nSPS) is 34.6. The van der Waals surface area contributed by atoms with Crippen molar-refractivity contribution in [3.05, 3.63) is 57.1 Å². The standard InChI is InChI=1S/C45H64Cl2N4O14/c1-18(2)12-14-26-27(20(5)13-15-29(26)64-30-17-45(59,40(55)23(8)61-30)24(9)50-41(56)34-33(47)32(46)21(6)49-34)16-28(53)31-36(54)35(19(3)4)51(42(31)57)43-39(60-11)38(63-25(10)52)37(22(7)62-43)65-44(48)58/h12,14,18-19,22-24,26-27,29-30,35,37-40,43,49,53,55,59H,5,13,15-17H2,1-4,6-11H3,(H2,48,58)(H,50,56)/b14-12-,31-28-. The van der Waals surface area contributed by atoms with E-state index in [4.69, 9.17) is 57.4 Å². The number of Topliss-reactive ketones (excluding diaryl/α,β-unsaturated/α-hetero) is 1. The highest BCUT2D eigenvalue weighted by molar-refractivity contribution is 6.44. The first-order valence-corrected chi connectivity index (χ1v) is 22.6. The molecule has 3 amide bonds. The van der Waals surface area contributed by atoms with Crippen molar-refractivity contribution in [3.63, 3.8) is 0 Å². The lowest BCUT2D eigenvalue weighted by Gasteiger charge is -2.48. The number of allylic oxidation sites excluding steroid dienone is 3. The van der Waals surface area contributed by atoms with Crippen LogP contribution in [0.25, 0.3) is 0 Å². The van der Waals surface area contributed by atoms with Gasteiger partial charge in [-0.05, 0) is 58.3 Å². The van der Waals surface area contributed by atoms with Crippen molar-refractivity contribution in [3.8, 4) is 0 Å². The number of halogens is 2. The molecule has 3 saturated heterocycles. The molecule has 7 N–H and O–H groups in total. The Kier molecular flexibility index (Phi) is 16.7. The SMILES string of the molecule is C=C1CCC(OC2CC(O)(C(C)NC(=O)c3[nH]c(C)c(Cl)c3Cl)C(O)C(C)O2)C(/C=C\C(C)C)C1C/C(O)=C1\C(=O)C(C(C)C)N(C2OC(C)C(OC(N)=O)C(OC(C)=O)C2OC)C1=O. The number of aromatic nitrogens is 1. The van der Waals surface area contributed by atoms with Gasteiger partial charge in [0.1, 0.15) is 40.9 Å². The molecule has 18 nitrogen and oxygen atoms in total. The molecule has 3 aliphatic heterocycles. The number of methoxy groups -OCH3 is 1. The summed E-state index contributed by atoms with van der Waals surface area (Å²) in [7, 11) is 1.28. The summed E-state index contributed by atoms with van der Waals surface area (Å²) in [6, 6.07) is -2.17. The van der Waals surface area contributed by atoms with Crippen LogP contribution in [0.15, 0.2) is 35.6 Å². The summed E-state index contributed by atoms with van der Waals surface area (Å²) in [4.78, 5) is 70.4. The third-order valence-corrected chi connectivity index (χ3v) is 13.8. The maximum absolute atomic E-state index is 14.6. The van der Waals surface area contributed by atoms with Crippen LogP contribution in [-0.2, 0) is 42.8 Å². The quantitative estimate of drug-likeness (QED) is 0.0475. The van der Waals surface area contributed by atoms with Crippen molar-refractivity contribution in [2.75, 3.05) is 7.11 Å². The highest BCUT2D eigenvalue weighted by atomic mass is 35.5. The lowest BCUT2D eigenvalue weighted by Crippen LogP contribution is -2.66. The Labute approximate surface area is 389 Å². The fraction of sp³-hybridized carbons (Fsp3) is 0.667. The molecule has 0 aromatic carbocycles. The molecule has 1 saturated carbocycles. The van der Waals surface area contributed by atoms with E-state index in [2.05, 4.69) is 16.9 Å². The summed E-state index contributed by atoms with van der Waals surface area (Å²) >= 11 is 12.5. The first kappa shape index (κ1) is 52.0. The number of aliphatic hydroxyl groups excluding tert-OH is 2. The highest BCUT2D eigenvalue weighted by Crippen LogP contribution is 2.44. The van der Waals surface area contributed by atoms with E-state index < -0.39 is 132 Å². The Morgan fingerprint density at radius 1 is 1.06 bits per heavy atom. The minimum Gasteiger partial charge on any atom is -0.511 e. The van der Waals surface area contributed by atoms with E-state index in [1.165, 1.54) is 18.9 Å². The number of esters is 1. The molecule has 1 aliphatic carbocycles. The number of ether oxygens (including phenoxy) is 6. The first-order valence-electron chi connectivity index (χ1n) is 21.9. The van der Waals surface area contributed by atoms with E-state index in [1.807, 2.05) is 26.0 Å². The fourth-order valence-electron chi connectivity index (χ4n) is 9.47. The zero-order chi connectivity index (χ0) is 48.6. The van der Waals surface area contributed by atoms with Gasteiger partial charge in [-0.25, -0.2) is 4.79 Å². The van der Waals surface area contributed by atoms with Crippen LogP contribution in [0.3, 0.4) is 0 Å². The van der Waals surface area contributed by atoms with E-state index in [9.17, 15) is 39.3 Å². The van der Waals surface area contributed by atoms with Gasteiger partial charge in [-0.2, -0.15) is 0 Å². The van der Waals surface area contributed by atoms with E-state index in [0.29, 0.717) is 18.5 Å². The van der Waals surface area contributed by atoms with Crippen LogP contribution in [0.5, 0.6) is 0 Å². The number of nitrogens with two attached hydrogens (primary N) is 1. The maximum atomic E-state index is 14.6. The van der Waals surface area contributed by atoms with Crippen molar-refractivity contribution < 1.29 is 67.7 Å². The number of rotatable bonds is 14. The Hall–Kier alpha value is -4.01. The van der Waals surface area contributed by atoms with E-state index in [1.54, 1.807) is 34.6 Å². The fourth-order valence-corrected chi connectivity index (χ4v) is 9.88. The predicted octanol–water partition coefficient (Wildman–Crippen LogP) is 4.95. The molecule has 0 radical (unpaired) electrons. The van der Waals surface area contributed by atoms with Gasteiger partial charge in [0, 0.05) is 38.5 Å². The van der Waals surface area contributed by atoms with Crippen molar-refractivity contribution in [1.29, 1.82) is 0 Å². The average molecular weight is 956 g/mol. The van der Waals surface area contributed by atoms with Gasteiger partial charge in [-0.3, -0.25) is 24.1 Å². The summed E-state index contributed by atoms with van der Waals surface area (Å²) in [5.74, 6) is -4.82. The number of carbonyl (C=O) groups is 5. The number of H-pyrrole nitrogens is 1. The number of ketones is 1. The van der Waals surface area contributed by atoms with Crippen molar-refractivity contribution >= 4 is 52.9 Å². The number of amides is 3. The smallest absolute Gasteiger partial charge is 0.405 e. The van der Waals surface area contributed by atoms with Crippen molar-refractivity contribution in [2.24, 2.45) is 29.4 Å². The summed E-state index contributed by atoms with van der Waals surface area (Å²) in [5, 5.41) is 38.3. The Balaban J connectivity index is 1.43. The summed E-state index contributed by atoms with van der Waals surface area (Å²) in [6.07, 6.45) is -6.95. The molecule has 4 heterocycles. The second-order valence-electron chi connectivity index (χ2n) is 18.2. The molecule has 14 unspecified atom stereocenters. The maximum Gasteiger partial charge on any atom is 0.405 e. The number of carbonyl (C=O) groups excluding carboxylic acids is 5. The van der Waals surface area contributed by atoms with Crippen LogP contribution >= 0.6 is 23.2 Å². The second-order valence-corrected chi connectivity index (χ2v) is 19.0. The van der Waals surface area contributed by atoms with Gasteiger partial charge in [0.15, 0.2) is 30.5 Å². The number of aryl methyl sites for hydroxylation is 1. The minimum absolute atomic E-state index is 0.00114. The zero-order valence-electron chi connectivity index (χ0n) is 38.5. The number of nitrogens with zero attached hydrogens (tertiary/aromatic N) is 1. The molecule has 1 aromatic rings. The van der Waals surface area contributed by atoms with Crippen LogP contribution < -0.4 is 11.1 Å². The average Bonchev–Trinajstić information content (AvgIpc) is 3.63. The van der Waals surface area contributed by atoms with Gasteiger partial charge in [-0.1, -0.05) is 75.2 Å². The Morgan fingerprint density at radius 2 is 1.72 bits per heavy atom. The van der Waals surface area contributed by atoms with Crippen LogP contribution in [0.4, 0.5) is 4.79 Å². The zero-order valence-corrected chi connectivity index (χ0v) is 40.0. The van der Waals surface area contributed by atoms with Gasteiger partial charge < -0.3 is 59.8 Å². The number of hydrogen-bond donors (Lipinski definition) is 6. The third kappa shape index (κ3) is 10.7. The molecule has 65 heavy (non-hydrogen) atoms. The molecule has 362 valence electrons. The van der Waals surface area contributed by atoms with Crippen LogP contribution in [-0.4, -0.2) is 135 Å². The molecule has 4 fully saturated rings. The van der Waals surface area contributed by atoms with Crippen LogP contribution in [0, 0.1) is 30.6 Å². The number of likely N-dealkylation sites (tertiary alicyclic amines) is 1. The molecule has 4 aliphatic rings. The summed E-state index contributed by atoms with van der Waals surface area (Å²) in [6.45, 7) is 19.2. The molecule has 20 heteroatoms. The summed E-state index contributed by atoms with van der Waals surface area (Å²) in [5.41, 5.74) is 4.16. The molecular formula is C45H64Cl2N4O14. The van der Waals surface area contributed by atoms with E-state index >= 15 is 0 Å². The number of nitrogens with one attached hydrogen (secondary N) is 2. The largest absolute Gasteiger partial charge is 0.511 e. The molecule has 14 atom stereocenters. The van der Waals surface area contributed by atoms with Gasteiger partial charge in [0.2, 0.25) is 0 Å². The number of aromatic amines is 1. The van der Waals surface area contributed by atoms with Gasteiger partial charge in [-0.15, -0.1) is 0 Å².